The molecule has 2 aromatic rings. The largest absolute Gasteiger partial charge is 0.417 e. The number of alkyl halides is 3. The third kappa shape index (κ3) is 3.50. The van der Waals surface area contributed by atoms with Gasteiger partial charge in [0.1, 0.15) is 12.1 Å². The van der Waals surface area contributed by atoms with Crippen molar-refractivity contribution in [3.63, 3.8) is 0 Å². The number of halogens is 3. The fourth-order valence-electron chi connectivity index (χ4n) is 3.03. The Balaban J connectivity index is 1.80. The lowest BCUT2D eigenvalue weighted by Gasteiger charge is -2.26. The van der Waals surface area contributed by atoms with Crippen molar-refractivity contribution < 1.29 is 13.2 Å². The van der Waals surface area contributed by atoms with Crippen LogP contribution in [0, 0.1) is 11.3 Å². The van der Waals surface area contributed by atoms with E-state index in [1.54, 1.807) is 24.4 Å². The molecule has 1 aromatic carbocycles. The summed E-state index contributed by atoms with van der Waals surface area (Å²) >= 11 is 0. The maximum atomic E-state index is 13.1. The highest BCUT2D eigenvalue weighted by molar-refractivity contribution is 5.56. The highest BCUT2D eigenvalue weighted by atomic mass is 19.4. The molecule has 25 heavy (non-hydrogen) atoms. The number of likely N-dealkylation sites (N-methyl/N-ethyl adjacent to an activating group) is 1. The van der Waals surface area contributed by atoms with Crippen LogP contribution in [0.3, 0.4) is 0 Å². The second-order valence-corrected chi connectivity index (χ2v) is 5.91. The Hall–Kier alpha value is -2.82. The Kier molecular flexibility index (Phi) is 4.49. The molecule has 1 fully saturated rings. The fourth-order valence-corrected chi connectivity index (χ4v) is 3.03. The zero-order chi connectivity index (χ0) is 18.0. The molecule has 3 rings (SSSR count). The van der Waals surface area contributed by atoms with Crippen molar-refractivity contribution in [1.29, 1.82) is 5.26 Å². The first-order valence-electron chi connectivity index (χ1n) is 7.75. The summed E-state index contributed by atoms with van der Waals surface area (Å²) < 4.78 is 39.4. The van der Waals surface area contributed by atoms with Crippen LogP contribution in [0.15, 0.2) is 36.8 Å². The first kappa shape index (κ1) is 17.0. The highest BCUT2D eigenvalue weighted by Crippen LogP contribution is 2.35. The van der Waals surface area contributed by atoms with Gasteiger partial charge in [0.15, 0.2) is 0 Å². The van der Waals surface area contributed by atoms with Gasteiger partial charge in [-0.15, -0.1) is 0 Å². The smallest absolute Gasteiger partial charge is 0.369 e. The van der Waals surface area contributed by atoms with Gasteiger partial charge < -0.3 is 9.80 Å². The van der Waals surface area contributed by atoms with Crippen LogP contribution in [0.5, 0.6) is 0 Å². The van der Waals surface area contributed by atoms with Crippen molar-refractivity contribution in [2.75, 3.05) is 29.9 Å². The summed E-state index contributed by atoms with van der Waals surface area (Å²) in [5.74, 6) is 0.776. The Morgan fingerprint density at radius 3 is 2.76 bits per heavy atom. The number of aromatic nitrogens is 2. The molecule has 1 aliphatic rings. The molecule has 1 aliphatic heterocycles. The zero-order valence-corrected chi connectivity index (χ0v) is 13.5. The van der Waals surface area contributed by atoms with Gasteiger partial charge in [-0.25, -0.2) is 9.97 Å². The van der Waals surface area contributed by atoms with Crippen LogP contribution in [0.25, 0.3) is 0 Å². The molecular formula is C17H16F3N5. The summed E-state index contributed by atoms with van der Waals surface area (Å²) in [5.41, 5.74) is -0.768. The molecule has 1 atom stereocenters. The Labute approximate surface area is 143 Å². The van der Waals surface area contributed by atoms with Crippen molar-refractivity contribution in [2.24, 2.45) is 0 Å². The minimum Gasteiger partial charge on any atom is -0.369 e. The predicted octanol–water partition coefficient (Wildman–Crippen LogP) is 3.08. The van der Waals surface area contributed by atoms with Gasteiger partial charge >= 0.3 is 6.18 Å². The summed E-state index contributed by atoms with van der Waals surface area (Å²) in [4.78, 5) is 12.0. The van der Waals surface area contributed by atoms with Crippen LogP contribution in [0.2, 0.25) is 0 Å². The average molecular weight is 347 g/mol. The molecule has 1 saturated heterocycles. The first-order valence-corrected chi connectivity index (χ1v) is 7.75. The van der Waals surface area contributed by atoms with Gasteiger partial charge in [-0.2, -0.15) is 18.4 Å². The molecule has 0 radical (unpaired) electrons. The Morgan fingerprint density at radius 2 is 2.12 bits per heavy atom. The van der Waals surface area contributed by atoms with E-state index in [4.69, 9.17) is 5.26 Å². The van der Waals surface area contributed by atoms with Crippen LogP contribution in [-0.4, -0.2) is 36.1 Å². The molecule has 130 valence electrons. The van der Waals surface area contributed by atoms with Gasteiger partial charge in [0.2, 0.25) is 0 Å². The summed E-state index contributed by atoms with van der Waals surface area (Å²) in [5, 5.41) is 8.90. The number of anilines is 2. The van der Waals surface area contributed by atoms with E-state index in [1.165, 1.54) is 12.4 Å². The van der Waals surface area contributed by atoms with Gasteiger partial charge in [0.25, 0.3) is 0 Å². The van der Waals surface area contributed by atoms with Crippen LogP contribution in [0.1, 0.15) is 17.5 Å². The van der Waals surface area contributed by atoms with Crippen LogP contribution < -0.4 is 9.80 Å². The van der Waals surface area contributed by atoms with Gasteiger partial charge in [-0.1, -0.05) is 0 Å². The van der Waals surface area contributed by atoms with E-state index in [2.05, 4.69) is 9.97 Å². The van der Waals surface area contributed by atoms with E-state index < -0.39 is 11.7 Å². The summed E-state index contributed by atoms with van der Waals surface area (Å²) in [6.07, 6.45) is -0.615. The lowest BCUT2D eigenvalue weighted by Crippen LogP contribution is -2.35. The molecule has 0 bridgehead atoms. The normalized spacial score (nSPS) is 17.4. The molecule has 0 N–H and O–H groups in total. The van der Waals surface area contributed by atoms with Gasteiger partial charge in [-0.05, 0) is 30.7 Å². The standard InChI is InChI=1S/C17H16F3N5/c1-24(16-4-6-22-11-23-16)14-5-7-25(10-14)13-3-2-12(9-21)15(8-13)17(18,19)20/h2-4,6,8,11,14H,5,7,10H2,1H3. The Bertz CT molecular complexity index is 785. The van der Waals surface area contributed by atoms with Crippen LogP contribution >= 0.6 is 0 Å². The summed E-state index contributed by atoms with van der Waals surface area (Å²) in [6.45, 7) is 1.23. The van der Waals surface area contributed by atoms with E-state index in [9.17, 15) is 13.2 Å². The van der Waals surface area contributed by atoms with Gasteiger partial charge in [-0.3, -0.25) is 0 Å². The second-order valence-electron chi connectivity index (χ2n) is 5.91. The predicted molar refractivity (Wildman–Crippen MR) is 87.2 cm³/mol. The lowest BCUT2D eigenvalue weighted by atomic mass is 10.1. The third-order valence-corrected chi connectivity index (χ3v) is 4.43. The SMILES string of the molecule is CN(c1ccncn1)C1CCN(c2ccc(C#N)c(C(F)(F)F)c2)C1. The molecule has 0 aliphatic carbocycles. The van der Waals surface area contributed by atoms with Crippen molar-refractivity contribution in [3.05, 3.63) is 47.9 Å². The maximum absolute atomic E-state index is 13.1. The second kappa shape index (κ2) is 6.59. The highest BCUT2D eigenvalue weighted by Gasteiger charge is 2.35. The summed E-state index contributed by atoms with van der Waals surface area (Å²) in [7, 11) is 1.91. The van der Waals surface area contributed by atoms with Crippen molar-refractivity contribution in [2.45, 2.75) is 18.6 Å². The van der Waals surface area contributed by atoms with E-state index in [0.29, 0.717) is 18.8 Å². The van der Waals surface area contributed by atoms with Crippen LogP contribution in [0.4, 0.5) is 24.7 Å². The first-order chi connectivity index (χ1) is 11.9. The van der Waals surface area contributed by atoms with E-state index in [-0.39, 0.29) is 11.6 Å². The number of benzene rings is 1. The van der Waals surface area contributed by atoms with Crippen LogP contribution in [-0.2, 0) is 6.18 Å². The summed E-state index contributed by atoms with van der Waals surface area (Å²) in [6, 6.07) is 7.41. The number of nitrogens with zero attached hydrogens (tertiary/aromatic N) is 5. The molecule has 1 unspecified atom stereocenters. The van der Waals surface area contributed by atoms with Gasteiger partial charge in [0, 0.05) is 38.1 Å². The van der Waals surface area contributed by atoms with Crippen molar-refractivity contribution in [3.8, 4) is 6.07 Å². The van der Waals surface area contributed by atoms with Crippen molar-refractivity contribution in [1.82, 2.24) is 9.97 Å². The molecule has 5 nitrogen and oxygen atoms in total. The van der Waals surface area contributed by atoms with E-state index >= 15 is 0 Å². The maximum Gasteiger partial charge on any atom is 0.417 e. The quantitative estimate of drug-likeness (QED) is 0.854. The minimum absolute atomic E-state index is 0.139. The third-order valence-electron chi connectivity index (χ3n) is 4.43. The molecule has 8 heteroatoms. The van der Waals surface area contributed by atoms with Gasteiger partial charge in [0.05, 0.1) is 17.2 Å². The molecular weight excluding hydrogens is 331 g/mol. The topological polar surface area (TPSA) is 56.1 Å². The zero-order valence-electron chi connectivity index (χ0n) is 13.5. The monoisotopic (exact) mass is 347 g/mol. The average Bonchev–Trinajstić information content (AvgIpc) is 3.10. The fraction of sp³-hybridized carbons (Fsp3) is 0.353. The van der Waals surface area contributed by atoms with E-state index in [0.717, 1.165) is 18.3 Å². The Morgan fingerprint density at radius 1 is 1.32 bits per heavy atom. The van der Waals surface area contributed by atoms with Crippen molar-refractivity contribution >= 4 is 11.5 Å². The lowest BCUT2D eigenvalue weighted by molar-refractivity contribution is -0.137. The minimum atomic E-state index is -4.54. The molecule has 1 aromatic heterocycles. The number of hydrogen-bond acceptors (Lipinski definition) is 5. The number of hydrogen-bond donors (Lipinski definition) is 0. The number of rotatable bonds is 3. The molecule has 0 spiro atoms. The number of nitriles is 1. The molecule has 0 saturated carbocycles. The molecule has 2 heterocycles. The van der Waals surface area contributed by atoms with E-state index in [1.807, 2.05) is 16.8 Å². The molecule has 0 amide bonds.